The van der Waals surface area contributed by atoms with Crippen LogP contribution in [-0.4, -0.2) is 89.2 Å². The van der Waals surface area contributed by atoms with E-state index in [1.165, 1.54) is 148 Å². The highest BCUT2D eigenvalue weighted by Gasteiger charge is 2.50. The number of esters is 3. The molecule has 0 aromatic carbocycles. The van der Waals surface area contributed by atoms with E-state index >= 15 is 0 Å². The van der Waals surface area contributed by atoms with Gasteiger partial charge in [-0.3, -0.25) is 14.4 Å². The van der Waals surface area contributed by atoms with Gasteiger partial charge in [0.05, 0.1) is 6.61 Å². The molecule has 1 aliphatic heterocycles. The number of hydrogen-bond acceptors (Lipinski definition) is 11. The predicted molar refractivity (Wildman–Crippen MR) is 322 cm³/mol. The third-order valence-electron chi connectivity index (χ3n) is 14.6. The zero-order valence-corrected chi connectivity index (χ0v) is 50.4. The molecule has 3 N–H and O–H groups in total. The van der Waals surface area contributed by atoms with Gasteiger partial charge in [-0.05, 0) is 70.6 Å². The van der Waals surface area contributed by atoms with Crippen LogP contribution in [0.15, 0.2) is 60.8 Å². The largest absolute Gasteiger partial charge is 0.479 e. The molecule has 0 saturated carbocycles. The monoisotopic (exact) mass is 1110 g/mol. The molecule has 12 heteroatoms. The van der Waals surface area contributed by atoms with Crippen LogP contribution in [0.5, 0.6) is 0 Å². The molecule has 456 valence electrons. The van der Waals surface area contributed by atoms with Gasteiger partial charge in [0.1, 0.15) is 18.8 Å². The van der Waals surface area contributed by atoms with Gasteiger partial charge in [-0.1, -0.05) is 261 Å². The maximum atomic E-state index is 13.1. The molecule has 1 aliphatic rings. The zero-order valence-electron chi connectivity index (χ0n) is 50.4. The fourth-order valence-electron chi connectivity index (χ4n) is 9.67. The number of hydrogen-bond donors (Lipinski definition) is 3. The first-order chi connectivity index (χ1) is 38.6. The lowest BCUT2D eigenvalue weighted by atomic mass is 9.98. The molecule has 79 heavy (non-hydrogen) atoms. The molecule has 12 nitrogen and oxygen atoms in total. The maximum absolute atomic E-state index is 13.1. The number of ether oxygens (including phenoxy) is 5. The second-order valence-electron chi connectivity index (χ2n) is 22.0. The third-order valence-corrected chi connectivity index (χ3v) is 14.6. The summed E-state index contributed by atoms with van der Waals surface area (Å²) < 4.78 is 28.4. The Morgan fingerprint density at radius 3 is 1.27 bits per heavy atom. The number of carbonyl (C=O) groups is 4. The van der Waals surface area contributed by atoms with Gasteiger partial charge in [0.15, 0.2) is 24.6 Å². The molecule has 1 saturated heterocycles. The van der Waals surface area contributed by atoms with Crippen LogP contribution in [0.1, 0.15) is 290 Å². The van der Waals surface area contributed by atoms with Crippen molar-refractivity contribution in [1.29, 1.82) is 0 Å². The molecule has 0 radical (unpaired) electrons. The number of carboxylic acids is 1. The molecule has 0 aromatic rings. The highest BCUT2D eigenvalue weighted by molar-refractivity contribution is 5.74. The molecular weight excluding hydrogens is 997 g/mol. The van der Waals surface area contributed by atoms with E-state index < -0.39 is 67.3 Å². The van der Waals surface area contributed by atoms with Crippen molar-refractivity contribution < 1.29 is 58.2 Å². The van der Waals surface area contributed by atoms with Gasteiger partial charge in [-0.25, -0.2) is 4.79 Å². The second-order valence-corrected chi connectivity index (χ2v) is 22.0. The van der Waals surface area contributed by atoms with Crippen molar-refractivity contribution in [3.8, 4) is 0 Å². The Labute approximate surface area is 481 Å². The van der Waals surface area contributed by atoms with Crippen LogP contribution in [0.4, 0.5) is 0 Å². The van der Waals surface area contributed by atoms with Crippen molar-refractivity contribution >= 4 is 23.9 Å². The Morgan fingerprint density at radius 2 is 0.823 bits per heavy atom. The van der Waals surface area contributed by atoms with E-state index in [1.54, 1.807) is 0 Å². The highest BCUT2D eigenvalue weighted by Crippen LogP contribution is 2.27. The Hall–Kier alpha value is -3.58. The standard InChI is InChI=1S/C67H116O12/c1-4-7-10-13-16-19-22-25-27-29-30-32-33-36-38-41-44-47-50-53-59(68)75-56-58(77-60(69)54-51-48-45-42-39-35-24-21-18-15-12-9-6-3)57-76-67-65(63(72)62(71)64(79-67)66(73)74)78-61(70)55-52-49-46-43-40-37-34-31-28-26-23-20-17-14-11-8-5-2/h9,12,18,21,26,28,35,39,45,48,58,62-65,67,71-72H,4-8,10-11,13-17,19-20,22-25,27,29-34,36-38,40-44,46-47,49-57H2,1-3H3,(H,73,74)/b12-9-,21-18-,28-26-,39-35-,48-45-. The quantitative estimate of drug-likeness (QED) is 0.0228. The lowest BCUT2D eigenvalue weighted by Gasteiger charge is -2.40. The number of carbonyl (C=O) groups excluding carboxylic acids is 3. The van der Waals surface area contributed by atoms with E-state index in [1.807, 2.05) is 12.2 Å². The number of aliphatic hydroxyl groups is 2. The summed E-state index contributed by atoms with van der Waals surface area (Å²) in [5.41, 5.74) is 0. The van der Waals surface area contributed by atoms with Crippen molar-refractivity contribution in [3.05, 3.63) is 60.8 Å². The summed E-state index contributed by atoms with van der Waals surface area (Å²) in [4.78, 5) is 51.2. The number of carboxylic acid groups (broad SMARTS) is 1. The first-order valence-electron chi connectivity index (χ1n) is 32.3. The average molecular weight is 1110 g/mol. The van der Waals surface area contributed by atoms with Gasteiger partial charge >= 0.3 is 23.9 Å². The molecule has 1 rings (SSSR count). The maximum Gasteiger partial charge on any atom is 0.335 e. The lowest BCUT2D eigenvalue weighted by molar-refractivity contribution is -0.301. The lowest BCUT2D eigenvalue weighted by Crippen LogP contribution is -2.61. The van der Waals surface area contributed by atoms with Crippen molar-refractivity contribution in [2.75, 3.05) is 13.2 Å². The van der Waals surface area contributed by atoms with E-state index in [0.29, 0.717) is 25.7 Å². The first-order valence-corrected chi connectivity index (χ1v) is 32.3. The van der Waals surface area contributed by atoms with Gasteiger partial charge in [0, 0.05) is 19.3 Å². The Kier molecular flexibility index (Phi) is 51.1. The fraction of sp³-hybridized carbons (Fsp3) is 0.791. The minimum atomic E-state index is -1.91. The third kappa shape index (κ3) is 44.7. The second kappa shape index (κ2) is 55.0. The summed E-state index contributed by atoms with van der Waals surface area (Å²) in [5.74, 6) is -3.21. The number of unbranched alkanes of at least 4 members (excludes halogenated alkanes) is 31. The normalized spacial score (nSPS) is 18.2. The molecule has 1 fully saturated rings. The summed E-state index contributed by atoms with van der Waals surface area (Å²) >= 11 is 0. The fourth-order valence-corrected chi connectivity index (χ4v) is 9.67. The Morgan fingerprint density at radius 1 is 0.430 bits per heavy atom. The summed E-state index contributed by atoms with van der Waals surface area (Å²) in [6, 6.07) is 0. The van der Waals surface area contributed by atoms with Crippen molar-refractivity contribution in [2.24, 2.45) is 0 Å². The molecule has 6 atom stereocenters. The molecule has 0 aromatic heterocycles. The van der Waals surface area contributed by atoms with E-state index in [4.69, 9.17) is 23.7 Å². The van der Waals surface area contributed by atoms with Crippen LogP contribution >= 0.6 is 0 Å². The smallest absolute Gasteiger partial charge is 0.335 e. The van der Waals surface area contributed by atoms with Crippen LogP contribution < -0.4 is 0 Å². The van der Waals surface area contributed by atoms with Crippen LogP contribution in [0.25, 0.3) is 0 Å². The number of allylic oxidation sites excluding steroid dienone is 10. The summed E-state index contributed by atoms with van der Waals surface area (Å²) in [6.07, 6.45) is 56.4. The van der Waals surface area contributed by atoms with E-state index in [-0.39, 0.29) is 25.9 Å². The minimum Gasteiger partial charge on any atom is -0.479 e. The number of aliphatic carboxylic acids is 1. The van der Waals surface area contributed by atoms with Crippen LogP contribution in [0.3, 0.4) is 0 Å². The van der Waals surface area contributed by atoms with Crippen LogP contribution in [0, 0.1) is 0 Å². The molecule has 6 unspecified atom stereocenters. The van der Waals surface area contributed by atoms with Crippen molar-refractivity contribution in [3.63, 3.8) is 0 Å². The van der Waals surface area contributed by atoms with Gasteiger partial charge in [0.25, 0.3) is 0 Å². The van der Waals surface area contributed by atoms with Crippen molar-refractivity contribution in [1.82, 2.24) is 0 Å². The molecule has 1 heterocycles. The summed E-state index contributed by atoms with van der Waals surface area (Å²) in [5, 5.41) is 31.5. The zero-order chi connectivity index (χ0) is 57.5. The Bertz CT molecular complexity index is 1600. The van der Waals surface area contributed by atoms with Crippen LogP contribution in [-0.2, 0) is 42.9 Å². The van der Waals surface area contributed by atoms with Crippen LogP contribution in [0.2, 0.25) is 0 Å². The SMILES string of the molecule is CC/C=C\C/C=C\C/C=C\C/C=C\CCC(=O)OC(COC(=O)CCCCCCCCCCCCCCCCCCCCC)COC1OC(C(=O)O)C(O)C(O)C1OC(=O)CCCCCCCCC/C=C\CCCCCCCC. The molecule has 0 amide bonds. The van der Waals surface area contributed by atoms with Gasteiger partial charge in [-0.2, -0.15) is 0 Å². The number of rotatable bonds is 55. The first kappa shape index (κ1) is 73.4. The van der Waals surface area contributed by atoms with E-state index in [9.17, 15) is 34.5 Å². The molecule has 0 spiro atoms. The summed E-state index contributed by atoms with van der Waals surface area (Å²) in [7, 11) is 0. The van der Waals surface area contributed by atoms with Gasteiger partial charge in [-0.15, -0.1) is 0 Å². The minimum absolute atomic E-state index is 0.0428. The summed E-state index contributed by atoms with van der Waals surface area (Å²) in [6.45, 7) is 5.85. The molecule has 0 bridgehead atoms. The Balaban J connectivity index is 2.66. The van der Waals surface area contributed by atoms with Gasteiger partial charge < -0.3 is 39.0 Å². The van der Waals surface area contributed by atoms with Gasteiger partial charge in [0.2, 0.25) is 0 Å². The highest BCUT2D eigenvalue weighted by atomic mass is 16.7. The van der Waals surface area contributed by atoms with E-state index in [0.717, 1.165) is 77.0 Å². The molecular formula is C67H116O12. The predicted octanol–water partition coefficient (Wildman–Crippen LogP) is 17.1. The molecule has 0 aliphatic carbocycles. The topological polar surface area (TPSA) is 175 Å². The average Bonchev–Trinajstić information content (AvgIpc) is 3.44. The van der Waals surface area contributed by atoms with E-state index in [2.05, 4.69) is 69.4 Å². The van der Waals surface area contributed by atoms with Crippen molar-refractivity contribution in [2.45, 2.75) is 327 Å². The number of aliphatic hydroxyl groups excluding tert-OH is 2.